The summed E-state index contributed by atoms with van der Waals surface area (Å²) in [6.07, 6.45) is 0. The van der Waals surface area contributed by atoms with Gasteiger partial charge < -0.3 is 9.64 Å². The van der Waals surface area contributed by atoms with E-state index >= 15 is 0 Å². The van der Waals surface area contributed by atoms with E-state index in [1.165, 1.54) is 0 Å². The first-order chi connectivity index (χ1) is 11.0. The Morgan fingerprint density at radius 2 is 1.65 bits per heavy atom. The van der Waals surface area contributed by atoms with Crippen LogP contribution in [0.3, 0.4) is 0 Å². The van der Waals surface area contributed by atoms with E-state index in [4.69, 9.17) is 27.9 Å². The average molecular weight is 352 g/mol. The van der Waals surface area contributed by atoms with E-state index in [1.54, 1.807) is 23.1 Å². The monoisotopic (exact) mass is 351 g/mol. The van der Waals surface area contributed by atoms with E-state index in [1.807, 2.05) is 44.2 Å². The summed E-state index contributed by atoms with van der Waals surface area (Å²) in [5.41, 5.74) is 1.07. The van der Waals surface area contributed by atoms with Crippen molar-refractivity contribution >= 4 is 29.1 Å². The summed E-state index contributed by atoms with van der Waals surface area (Å²) in [5, 5.41) is 0.786. The fourth-order valence-electron chi connectivity index (χ4n) is 2.18. The van der Waals surface area contributed by atoms with Crippen LogP contribution in [-0.2, 0) is 11.3 Å². The molecule has 0 atom stereocenters. The maximum Gasteiger partial charge on any atom is 0.261 e. The van der Waals surface area contributed by atoms with Crippen LogP contribution < -0.4 is 4.74 Å². The van der Waals surface area contributed by atoms with E-state index in [-0.39, 0.29) is 18.6 Å². The van der Waals surface area contributed by atoms with E-state index in [0.717, 1.165) is 5.56 Å². The molecule has 0 fully saturated rings. The lowest BCUT2D eigenvalue weighted by Gasteiger charge is -2.27. The molecule has 0 radical (unpaired) electrons. The second-order valence-electron chi connectivity index (χ2n) is 5.44. The highest BCUT2D eigenvalue weighted by atomic mass is 35.5. The number of hydrogen-bond donors (Lipinski definition) is 0. The van der Waals surface area contributed by atoms with Gasteiger partial charge in [0.05, 0.1) is 10.0 Å². The van der Waals surface area contributed by atoms with E-state index in [2.05, 4.69) is 0 Å². The van der Waals surface area contributed by atoms with Gasteiger partial charge in [-0.05, 0) is 31.5 Å². The fraction of sp³-hybridized carbons (Fsp3) is 0.278. The molecular formula is C18H19Cl2NO2. The molecule has 0 saturated heterocycles. The van der Waals surface area contributed by atoms with Crippen LogP contribution in [0, 0.1) is 0 Å². The molecule has 0 aliphatic rings. The molecule has 1 amide bonds. The van der Waals surface area contributed by atoms with Crippen LogP contribution >= 0.6 is 23.2 Å². The van der Waals surface area contributed by atoms with Crippen molar-refractivity contribution in [1.29, 1.82) is 0 Å². The first kappa shape index (κ1) is 17.6. The van der Waals surface area contributed by atoms with Crippen LogP contribution in [0.2, 0.25) is 10.0 Å². The van der Waals surface area contributed by atoms with Crippen LogP contribution in [0.4, 0.5) is 0 Å². The number of nitrogens with zero attached hydrogens (tertiary/aromatic N) is 1. The lowest BCUT2D eigenvalue weighted by atomic mass is 10.2. The molecule has 0 aliphatic heterocycles. The number of benzene rings is 2. The smallest absolute Gasteiger partial charge is 0.261 e. The fourth-order valence-corrected chi connectivity index (χ4v) is 2.68. The van der Waals surface area contributed by atoms with Gasteiger partial charge in [0.2, 0.25) is 0 Å². The van der Waals surface area contributed by atoms with Gasteiger partial charge in [-0.2, -0.15) is 0 Å². The van der Waals surface area contributed by atoms with E-state index in [9.17, 15) is 4.79 Å². The van der Waals surface area contributed by atoms with Crippen molar-refractivity contribution in [2.75, 3.05) is 6.61 Å². The van der Waals surface area contributed by atoms with Gasteiger partial charge in [-0.1, -0.05) is 59.6 Å². The van der Waals surface area contributed by atoms with Crippen molar-refractivity contribution in [3.05, 3.63) is 64.1 Å². The van der Waals surface area contributed by atoms with Crippen LogP contribution in [0.5, 0.6) is 5.75 Å². The Kier molecular flexibility index (Phi) is 6.31. The number of amides is 1. The molecule has 0 aliphatic carbocycles. The largest absolute Gasteiger partial charge is 0.481 e. The minimum absolute atomic E-state index is 0.0630. The Hall–Kier alpha value is -1.71. The predicted molar refractivity (Wildman–Crippen MR) is 94.1 cm³/mol. The molecule has 0 unspecified atom stereocenters. The summed E-state index contributed by atoms with van der Waals surface area (Å²) in [5.74, 6) is 0.229. The third kappa shape index (κ3) is 4.88. The van der Waals surface area contributed by atoms with Gasteiger partial charge in [-0.3, -0.25) is 4.79 Å². The van der Waals surface area contributed by atoms with Crippen molar-refractivity contribution < 1.29 is 9.53 Å². The first-order valence-corrected chi connectivity index (χ1v) is 8.15. The molecule has 0 spiro atoms. The Balaban J connectivity index is 2.04. The molecule has 2 aromatic carbocycles. The van der Waals surface area contributed by atoms with Gasteiger partial charge in [-0.25, -0.2) is 0 Å². The van der Waals surface area contributed by atoms with Gasteiger partial charge in [0.15, 0.2) is 12.4 Å². The predicted octanol–water partition coefficient (Wildman–Crippen LogP) is 4.81. The third-order valence-corrected chi connectivity index (χ3v) is 3.99. The van der Waals surface area contributed by atoms with Crippen molar-refractivity contribution in [1.82, 2.24) is 4.90 Å². The van der Waals surface area contributed by atoms with Crippen LogP contribution in [0.1, 0.15) is 19.4 Å². The van der Waals surface area contributed by atoms with Gasteiger partial charge >= 0.3 is 0 Å². The molecule has 23 heavy (non-hydrogen) atoms. The quantitative estimate of drug-likeness (QED) is 0.747. The van der Waals surface area contributed by atoms with Crippen LogP contribution in [-0.4, -0.2) is 23.5 Å². The summed E-state index contributed by atoms with van der Waals surface area (Å²) in [6, 6.07) is 15.0. The molecule has 3 nitrogen and oxygen atoms in total. The minimum atomic E-state index is -0.111. The summed E-state index contributed by atoms with van der Waals surface area (Å²) in [4.78, 5) is 14.3. The summed E-state index contributed by atoms with van der Waals surface area (Å²) in [6.45, 7) is 4.39. The topological polar surface area (TPSA) is 29.5 Å². The van der Waals surface area contributed by atoms with Crippen molar-refractivity contribution in [3.63, 3.8) is 0 Å². The van der Waals surface area contributed by atoms with Crippen molar-refractivity contribution in [2.45, 2.75) is 26.4 Å². The van der Waals surface area contributed by atoms with Gasteiger partial charge in [0.1, 0.15) is 0 Å². The zero-order valence-electron chi connectivity index (χ0n) is 13.1. The van der Waals surface area contributed by atoms with E-state index in [0.29, 0.717) is 22.3 Å². The summed E-state index contributed by atoms with van der Waals surface area (Å²) >= 11 is 12.1. The number of halogens is 2. The number of hydrogen-bond acceptors (Lipinski definition) is 2. The van der Waals surface area contributed by atoms with Gasteiger partial charge in [0, 0.05) is 12.6 Å². The lowest BCUT2D eigenvalue weighted by Crippen LogP contribution is -2.39. The summed E-state index contributed by atoms with van der Waals surface area (Å²) in [7, 11) is 0. The number of carbonyl (C=O) groups is 1. The molecule has 0 aromatic heterocycles. The Morgan fingerprint density at radius 3 is 2.22 bits per heavy atom. The summed E-state index contributed by atoms with van der Waals surface area (Å²) < 4.78 is 5.54. The Labute approximate surface area is 146 Å². The molecule has 0 bridgehead atoms. The highest BCUT2D eigenvalue weighted by Gasteiger charge is 2.19. The number of para-hydroxylation sites is 1. The highest BCUT2D eigenvalue weighted by Crippen LogP contribution is 2.32. The van der Waals surface area contributed by atoms with Crippen LogP contribution in [0.25, 0.3) is 0 Å². The minimum Gasteiger partial charge on any atom is -0.481 e. The van der Waals surface area contributed by atoms with Gasteiger partial charge in [-0.15, -0.1) is 0 Å². The van der Waals surface area contributed by atoms with Crippen molar-refractivity contribution in [2.24, 2.45) is 0 Å². The van der Waals surface area contributed by atoms with E-state index < -0.39 is 0 Å². The number of rotatable bonds is 6. The SMILES string of the molecule is CC(C)N(Cc1ccccc1)C(=O)COc1c(Cl)cccc1Cl. The van der Waals surface area contributed by atoms with Crippen molar-refractivity contribution in [3.8, 4) is 5.75 Å². The highest BCUT2D eigenvalue weighted by molar-refractivity contribution is 6.37. The Bertz CT molecular complexity index is 639. The molecule has 0 heterocycles. The average Bonchev–Trinajstić information content (AvgIpc) is 2.52. The second kappa shape index (κ2) is 8.23. The van der Waals surface area contributed by atoms with Crippen LogP contribution in [0.15, 0.2) is 48.5 Å². The standard InChI is InChI=1S/C18H19Cl2NO2/c1-13(2)21(11-14-7-4-3-5-8-14)17(22)12-23-18-15(19)9-6-10-16(18)20/h3-10,13H,11-12H2,1-2H3. The maximum atomic E-state index is 12.5. The molecule has 0 N–H and O–H groups in total. The molecular weight excluding hydrogens is 333 g/mol. The zero-order chi connectivity index (χ0) is 16.8. The maximum absolute atomic E-state index is 12.5. The van der Waals surface area contributed by atoms with Gasteiger partial charge in [0.25, 0.3) is 5.91 Å². The molecule has 122 valence electrons. The zero-order valence-corrected chi connectivity index (χ0v) is 14.6. The third-order valence-electron chi connectivity index (χ3n) is 3.40. The molecule has 2 aromatic rings. The number of carbonyl (C=O) groups excluding carboxylic acids is 1. The molecule has 2 rings (SSSR count). The lowest BCUT2D eigenvalue weighted by molar-refractivity contribution is -0.135. The number of ether oxygens (including phenoxy) is 1. The first-order valence-electron chi connectivity index (χ1n) is 7.39. The Morgan fingerprint density at radius 1 is 1.04 bits per heavy atom. The normalized spacial score (nSPS) is 10.7. The second-order valence-corrected chi connectivity index (χ2v) is 6.25. The molecule has 0 saturated carbocycles. The molecule has 5 heteroatoms.